The van der Waals surface area contributed by atoms with Crippen molar-refractivity contribution in [1.82, 2.24) is 4.90 Å². The van der Waals surface area contributed by atoms with Gasteiger partial charge in [-0.1, -0.05) is 29.8 Å². The Labute approximate surface area is 152 Å². The van der Waals surface area contributed by atoms with E-state index in [1.165, 1.54) is 12.7 Å². The second-order valence-corrected chi connectivity index (χ2v) is 6.61. The van der Waals surface area contributed by atoms with Crippen molar-refractivity contribution in [2.24, 2.45) is 5.92 Å². The van der Waals surface area contributed by atoms with Crippen LogP contribution in [0, 0.1) is 12.8 Å². The minimum Gasteiger partial charge on any atom is -0.495 e. The molecule has 0 aromatic heterocycles. The molecule has 6 nitrogen and oxygen atoms in total. The average molecular weight is 353 g/mol. The number of nitrogens with one attached hydrogen (secondary N) is 1. The van der Waals surface area contributed by atoms with Gasteiger partial charge in [-0.15, -0.1) is 0 Å². The lowest BCUT2D eigenvalue weighted by Crippen LogP contribution is -2.28. The molecular weight excluding hydrogens is 330 g/mol. The maximum Gasteiger partial charge on any atom is 0.229 e. The predicted octanol–water partition coefficient (Wildman–Crippen LogP) is 2.57. The van der Waals surface area contributed by atoms with Crippen LogP contribution in [-0.2, 0) is 16.1 Å². The molecular formula is C20H23N3O3. The molecule has 2 amide bonds. The maximum absolute atomic E-state index is 12.5. The fourth-order valence-corrected chi connectivity index (χ4v) is 3.07. The van der Waals surface area contributed by atoms with Crippen molar-refractivity contribution in [3.63, 3.8) is 0 Å². The first-order chi connectivity index (χ1) is 12.5. The zero-order valence-electron chi connectivity index (χ0n) is 15.0. The van der Waals surface area contributed by atoms with Crippen LogP contribution in [0.25, 0.3) is 0 Å². The first-order valence-electron chi connectivity index (χ1n) is 8.54. The van der Waals surface area contributed by atoms with Crippen molar-refractivity contribution in [1.29, 1.82) is 0 Å². The van der Waals surface area contributed by atoms with E-state index in [9.17, 15) is 9.59 Å². The number of amides is 2. The lowest BCUT2D eigenvalue weighted by atomic mass is 10.1. The second kappa shape index (κ2) is 7.47. The highest BCUT2D eigenvalue weighted by Crippen LogP contribution is 2.26. The van der Waals surface area contributed by atoms with Gasteiger partial charge < -0.3 is 20.7 Å². The standard InChI is InChI=1S/C20H23N3O3/c1-13-3-5-14(6-4-13)11-23-12-15(9-19(23)24)20(25)22-16-7-8-18(26-2)17(21)10-16/h3-8,10,15H,9,11-12,21H2,1-2H3,(H,22,25). The Hall–Kier alpha value is -3.02. The summed E-state index contributed by atoms with van der Waals surface area (Å²) < 4.78 is 5.11. The first kappa shape index (κ1) is 17.8. The summed E-state index contributed by atoms with van der Waals surface area (Å²) in [5, 5.41) is 2.84. The van der Waals surface area contributed by atoms with Crippen LogP contribution in [0.4, 0.5) is 11.4 Å². The molecule has 1 aliphatic rings. The number of methoxy groups -OCH3 is 1. The van der Waals surface area contributed by atoms with Crippen molar-refractivity contribution in [2.75, 3.05) is 24.7 Å². The summed E-state index contributed by atoms with van der Waals surface area (Å²) in [5.41, 5.74) is 9.15. The number of hydrogen-bond acceptors (Lipinski definition) is 4. The van der Waals surface area contributed by atoms with Gasteiger partial charge in [0.2, 0.25) is 11.8 Å². The maximum atomic E-state index is 12.5. The molecule has 136 valence electrons. The molecule has 1 heterocycles. The van der Waals surface area contributed by atoms with Gasteiger partial charge in [0.1, 0.15) is 5.75 Å². The monoisotopic (exact) mass is 353 g/mol. The summed E-state index contributed by atoms with van der Waals surface area (Å²) in [7, 11) is 1.54. The number of ether oxygens (including phenoxy) is 1. The normalized spacial score (nSPS) is 16.6. The van der Waals surface area contributed by atoms with Crippen LogP contribution >= 0.6 is 0 Å². The summed E-state index contributed by atoms with van der Waals surface area (Å²) in [4.78, 5) is 26.5. The highest BCUT2D eigenvalue weighted by Gasteiger charge is 2.34. The first-order valence-corrected chi connectivity index (χ1v) is 8.54. The van der Waals surface area contributed by atoms with Crippen LogP contribution in [0.1, 0.15) is 17.5 Å². The fraction of sp³-hybridized carbons (Fsp3) is 0.300. The molecule has 0 radical (unpaired) electrons. The summed E-state index contributed by atoms with van der Waals surface area (Å²) in [6, 6.07) is 13.1. The number of anilines is 2. The molecule has 2 aromatic rings. The third kappa shape index (κ3) is 3.96. The zero-order chi connectivity index (χ0) is 18.7. The van der Waals surface area contributed by atoms with Crippen LogP contribution in [0.3, 0.4) is 0 Å². The minimum absolute atomic E-state index is 0.0000280. The molecule has 26 heavy (non-hydrogen) atoms. The molecule has 1 fully saturated rings. The number of benzene rings is 2. The largest absolute Gasteiger partial charge is 0.495 e. The van der Waals surface area contributed by atoms with Gasteiger partial charge in [0.05, 0.1) is 18.7 Å². The fourth-order valence-electron chi connectivity index (χ4n) is 3.07. The van der Waals surface area contributed by atoms with E-state index >= 15 is 0 Å². The number of rotatable bonds is 5. The van der Waals surface area contributed by atoms with Gasteiger partial charge >= 0.3 is 0 Å². The number of carbonyl (C=O) groups is 2. The van der Waals surface area contributed by atoms with Crippen molar-refractivity contribution in [3.05, 3.63) is 53.6 Å². The van der Waals surface area contributed by atoms with E-state index in [0.717, 1.165) is 5.56 Å². The Morgan fingerprint density at radius 2 is 2.00 bits per heavy atom. The average Bonchev–Trinajstić information content (AvgIpc) is 2.98. The molecule has 1 saturated heterocycles. The topological polar surface area (TPSA) is 84.7 Å². The third-order valence-corrected chi connectivity index (χ3v) is 4.58. The highest BCUT2D eigenvalue weighted by atomic mass is 16.5. The molecule has 3 N–H and O–H groups in total. The number of carbonyl (C=O) groups excluding carboxylic acids is 2. The van der Waals surface area contributed by atoms with Gasteiger partial charge in [0.15, 0.2) is 0 Å². The number of nitrogen functional groups attached to an aromatic ring is 1. The van der Waals surface area contributed by atoms with Crippen molar-refractivity contribution in [3.8, 4) is 5.75 Å². The Morgan fingerprint density at radius 3 is 2.65 bits per heavy atom. The Bertz CT molecular complexity index is 818. The molecule has 2 aromatic carbocycles. The zero-order valence-corrected chi connectivity index (χ0v) is 15.0. The number of hydrogen-bond donors (Lipinski definition) is 2. The molecule has 0 spiro atoms. The lowest BCUT2D eigenvalue weighted by molar-refractivity contribution is -0.128. The van der Waals surface area contributed by atoms with E-state index in [4.69, 9.17) is 10.5 Å². The van der Waals surface area contributed by atoms with Crippen LogP contribution < -0.4 is 15.8 Å². The molecule has 1 aliphatic heterocycles. The molecule has 1 atom stereocenters. The second-order valence-electron chi connectivity index (χ2n) is 6.61. The highest BCUT2D eigenvalue weighted by molar-refractivity contribution is 5.97. The SMILES string of the molecule is COc1ccc(NC(=O)C2CC(=O)N(Cc3ccc(C)cc3)C2)cc1N. The van der Waals surface area contributed by atoms with Gasteiger partial charge in [-0.05, 0) is 30.7 Å². The molecule has 1 unspecified atom stereocenters. The smallest absolute Gasteiger partial charge is 0.229 e. The minimum atomic E-state index is -0.365. The van der Waals surface area contributed by atoms with Gasteiger partial charge in [-0.25, -0.2) is 0 Å². The molecule has 0 aliphatic carbocycles. The molecule has 3 rings (SSSR count). The lowest BCUT2D eigenvalue weighted by Gasteiger charge is -2.17. The van der Waals surface area contributed by atoms with Crippen LogP contribution in [0.15, 0.2) is 42.5 Å². The number of nitrogens with zero attached hydrogens (tertiary/aromatic N) is 1. The Morgan fingerprint density at radius 1 is 1.27 bits per heavy atom. The molecule has 6 heteroatoms. The van der Waals surface area contributed by atoms with Crippen LogP contribution in [-0.4, -0.2) is 30.4 Å². The van der Waals surface area contributed by atoms with Crippen LogP contribution in [0.2, 0.25) is 0 Å². The summed E-state index contributed by atoms with van der Waals surface area (Å²) in [5.74, 6) is 0.0221. The van der Waals surface area contributed by atoms with Gasteiger partial charge in [-0.3, -0.25) is 9.59 Å². The van der Waals surface area contributed by atoms with E-state index in [0.29, 0.717) is 30.2 Å². The summed E-state index contributed by atoms with van der Waals surface area (Å²) in [6.07, 6.45) is 0.226. The van der Waals surface area contributed by atoms with E-state index in [1.807, 2.05) is 31.2 Å². The van der Waals surface area contributed by atoms with Gasteiger partial charge in [-0.2, -0.15) is 0 Å². The number of aryl methyl sites for hydroxylation is 1. The summed E-state index contributed by atoms with van der Waals surface area (Å²) in [6.45, 7) is 2.97. The Kier molecular flexibility index (Phi) is 5.11. The predicted molar refractivity (Wildman–Crippen MR) is 101 cm³/mol. The number of likely N-dealkylation sites (tertiary alicyclic amines) is 1. The van der Waals surface area contributed by atoms with Gasteiger partial charge in [0, 0.05) is 25.2 Å². The Balaban J connectivity index is 1.61. The van der Waals surface area contributed by atoms with Crippen molar-refractivity contribution in [2.45, 2.75) is 19.9 Å². The van der Waals surface area contributed by atoms with E-state index in [-0.39, 0.29) is 24.2 Å². The van der Waals surface area contributed by atoms with Crippen molar-refractivity contribution < 1.29 is 14.3 Å². The quantitative estimate of drug-likeness (QED) is 0.809. The molecule has 0 bridgehead atoms. The summed E-state index contributed by atoms with van der Waals surface area (Å²) >= 11 is 0. The van der Waals surface area contributed by atoms with E-state index in [1.54, 1.807) is 23.1 Å². The van der Waals surface area contributed by atoms with Crippen LogP contribution in [0.5, 0.6) is 5.75 Å². The van der Waals surface area contributed by atoms with E-state index < -0.39 is 0 Å². The molecule has 0 saturated carbocycles. The van der Waals surface area contributed by atoms with Gasteiger partial charge in [0.25, 0.3) is 0 Å². The van der Waals surface area contributed by atoms with E-state index in [2.05, 4.69) is 5.32 Å². The van der Waals surface area contributed by atoms with Crippen molar-refractivity contribution >= 4 is 23.2 Å². The third-order valence-electron chi connectivity index (χ3n) is 4.58. The number of nitrogens with two attached hydrogens (primary N) is 1.